The number of rotatable bonds is 3. The van der Waals surface area contributed by atoms with E-state index in [1.807, 2.05) is 9.58 Å². The van der Waals surface area contributed by atoms with Gasteiger partial charge in [-0.3, -0.25) is 4.68 Å². The molecule has 134 valence electrons. The predicted molar refractivity (Wildman–Crippen MR) is 86.9 cm³/mol. The first-order valence-electron chi connectivity index (χ1n) is 7.96. The quantitative estimate of drug-likeness (QED) is 0.661. The molecule has 3 heterocycles. The van der Waals surface area contributed by atoms with E-state index in [9.17, 15) is 17.6 Å². The highest BCUT2D eigenvalue weighted by Gasteiger charge is 2.31. The fourth-order valence-corrected chi connectivity index (χ4v) is 3.01. The topological polar surface area (TPSA) is 34.0 Å². The van der Waals surface area contributed by atoms with Crippen molar-refractivity contribution in [3.63, 3.8) is 0 Å². The van der Waals surface area contributed by atoms with Gasteiger partial charge in [-0.25, -0.2) is 9.37 Å². The van der Waals surface area contributed by atoms with Crippen molar-refractivity contribution in [3.8, 4) is 0 Å². The lowest BCUT2D eigenvalue weighted by atomic mass is 10.2. The molecule has 1 aliphatic heterocycles. The SMILES string of the molecule is Fc1ccc(Cn2ncc3c2CN(c2ccc(C(F)(F)F)cn2)C3)cc1. The number of nitrogens with zero attached hydrogens (tertiary/aromatic N) is 4. The van der Waals surface area contributed by atoms with Crippen LogP contribution in [0.25, 0.3) is 0 Å². The Morgan fingerprint density at radius 3 is 2.38 bits per heavy atom. The molecule has 4 rings (SSSR count). The number of anilines is 1. The molecule has 0 radical (unpaired) electrons. The van der Waals surface area contributed by atoms with E-state index in [1.54, 1.807) is 18.3 Å². The minimum absolute atomic E-state index is 0.293. The Morgan fingerprint density at radius 2 is 1.73 bits per heavy atom. The van der Waals surface area contributed by atoms with E-state index in [2.05, 4.69) is 10.1 Å². The number of hydrogen-bond acceptors (Lipinski definition) is 3. The number of halogens is 4. The third kappa shape index (κ3) is 3.14. The largest absolute Gasteiger partial charge is 0.417 e. The lowest BCUT2D eigenvalue weighted by Gasteiger charge is -2.18. The monoisotopic (exact) mass is 362 g/mol. The molecule has 8 heteroatoms. The van der Waals surface area contributed by atoms with E-state index in [0.29, 0.717) is 25.5 Å². The van der Waals surface area contributed by atoms with Crippen LogP contribution in [0.1, 0.15) is 22.4 Å². The Balaban J connectivity index is 1.51. The van der Waals surface area contributed by atoms with E-state index in [1.165, 1.54) is 18.2 Å². The van der Waals surface area contributed by atoms with Crippen LogP contribution in [0.4, 0.5) is 23.4 Å². The van der Waals surface area contributed by atoms with Crippen LogP contribution in [0.3, 0.4) is 0 Å². The van der Waals surface area contributed by atoms with Crippen molar-refractivity contribution < 1.29 is 17.6 Å². The van der Waals surface area contributed by atoms with Crippen molar-refractivity contribution >= 4 is 5.82 Å². The molecule has 0 spiro atoms. The lowest BCUT2D eigenvalue weighted by Crippen LogP contribution is -2.18. The highest BCUT2D eigenvalue weighted by molar-refractivity contribution is 5.45. The molecule has 0 amide bonds. The Morgan fingerprint density at radius 1 is 0.962 bits per heavy atom. The van der Waals surface area contributed by atoms with Gasteiger partial charge in [-0.1, -0.05) is 12.1 Å². The van der Waals surface area contributed by atoms with Gasteiger partial charge in [0.25, 0.3) is 0 Å². The first kappa shape index (κ1) is 16.6. The minimum Gasteiger partial charge on any atom is -0.346 e. The van der Waals surface area contributed by atoms with Crippen molar-refractivity contribution in [3.05, 3.63) is 77.0 Å². The zero-order valence-corrected chi connectivity index (χ0v) is 13.5. The van der Waals surface area contributed by atoms with Crippen LogP contribution >= 0.6 is 0 Å². The first-order chi connectivity index (χ1) is 12.4. The fourth-order valence-electron chi connectivity index (χ4n) is 3.01. The summed E-state index contributed by atoms with van der Waals surface area (Å²) < 4.78 is 52.8. The van der Waals surface area contributed by atoms with Crippen LogP contribution in [0.15, 0.2) is 48.8 Å². The van der Waals surface area contributed by atoms with Crippen LogP contribution in [0.5, 0.6) is 0 Å². The summed E-state index contributed by atoms with van der Waals surface area (Å²) in [5.41, 5.74) is 2.15. The van der Waals surface area contributed by atoms with Crippen LogP contribution in [-0.2, 0) is 25.8 Å². The van der Waals surface area contributed by atoms with Crippen molar-refractivity contribution in [1.82, 2.24) is 14.8 Å². The van der Waals surface area contributed by atoms with Crippen molar-refractivity contribution in [2.24, 2.45) is 0 Å². The summed E-state index contributed by atoms with van der Waals surface area (Å²) in [5, 5.41) is 4.36. The fraction of sp³-hybridized carbons (Fsp3) is 0.222. The maximum absolute atomic E-state index is 13.0. The molecular formula is C18H14F4N4. The van der Waals surface area contributed by atoms with Gasteiger partial charge in [-0.05, 0) is 29.8 Å². The van der Waals surface area contributed by atoms with E-state index in [-0.39, 0.29) is 5.82 Å². The molecule has 0 saturated carbocycles. The number of pyridine rings is 1. The van der Waals surface area contributed by atoms with E-state index in [4.69, 9.17) is 0 Å². The van der Waals surface area contributed by atoms with Crippen molar-refractivity contribution in [2.75, 3.05) is 4.90 Å². The molecule has 0 fully saturated rings. The molecule has 0 N–H and O–H groups in total. The Kier molecular flexibility index (Phi) is 3.90. The van der Waals surface area contributed by atoms with Gasteiger partial charge in [0.15, 0.2) is 0 Å². The summed E-state index contributed by atoms with van der Waals surface area (Å²) in [6.07, 6.45) is -1.79. The number of alkyl halides is 3. The van der Waals surface area contributed by atoms with E-state index >= 15 is 0 Å². The summed E-state index contributed by atoms with van der Waals surface area (Å²) in [6.45, 7) is 1.55. The Labute approximate surface area is 146 Å². The third-order valence-electron chi connectivity index (χ3n) is 4.38. The third-order valence-corrected chi connectivity index (χ3v) is 4.38. The van der Waals surface area contributed by atoms with Gasteiger partial charge in [-0.2, -0.15) is 18.3 Å². The van der Waals surface area contributed by atoms with Gasteiger partial charge < -0.3 is 4.90 Å². The normalized spacial score (nSPS) is 13.9. The smallest absolute Gasteiger partial charge is 0.346 e. The van der Waals surface area contributed by atoms with Gasteiger partial charge >= 0.3 is 6.18 Å². The highest BCUT2D eigenvalue weighted by atomic mass is 19.4. The summed E-state index contributed by atoms with van der Waals surface area (Å²) >= 11 is 0. The van der Waals surface area contributed by atoms with Gasteiger partial charge in [0.05, 0.1) is 30.5 Å². The number of benzene rings is 1. The Bertz CT molecular complexity index is 914. The second-order valence-electron chi connectivity index (χ2n) is 6.16. The molecule has 4 nitrogen and oxygen atoms in total. The maximum Gasteiger partial charge on any atom is 0.417 e. The summed E-state index contributed by atoms with van der Waals surface area (Å²) in [7, 11) is 0. The standard InChI is InChI=1S/C18H14F4N4/c19-15-4-1-12(2-5-15)9-26-16-11-25(10-13(16)7-24-26)17-6-3-14(8-23-17)18(20,21)22/h1-8H,9-11H2. The van der Waals surface area contributed by atoms with Gasteiger partial charge in [-0.15, -0.1) is 0 Å². The van der Waals surface area contributed by atoms with Gasteiger partial charge in [0.1, 0.15) is 11.6 Å². The van der Waals surface area contributed by atoms with E-state index < -0.39 is 11.7 Å². The summed E-state index contributed by atoms with van der Waals surface area (Å²) in [6, 6.07) is 8.62. The van der Waals surface area contributed by atoms with Gasteiger partial charge in [0, 0.05) is 18.3 Å². The molecule has 1 aliphatic rings. The van der Waals surface area contributed by atoms with E-state index in [0.717, 1.165) is 29.1 Å². The van der Waals surface area contributed by atoms with Gasteiger partial charge in [0.2, 0.25) is 0 Å². The summed E-state index contributed by atoms with van der Waals surface area (Å²) in [5.74, 6) is 0.196. The lowest BCUT2D eigenvalue weighted by molar-refractivity contribution is -0.137. The van der Waals surface area contributed by atoms with Crippen LogP contribution in [0.2, 0.25) is 0 Å². The molecule has 0 bridgehead atoms. The summed E-state index contributed by atoms with van der Waals surface area (Å²) in [4.78, 5) is 5.84. The molecule has 2 aromatic heterocycles. The maximum atomic E-state index is 13.0. The molecule has 3 aromatic rings. The number of aromatic nitrogens is 3. The molecule has 0 unspecified atom stereocenters. The second kappa shape index (κ2) is 6.12. The van der Waals surface area contributed by atoms with Crippen LogP contribution in [0, 0.1) is 5.82 Å². The van der Waals surface area contributed by atoms with Crippen molar-refractivity contribution in [2.45, 2.75) is 25.8 Å². The number of fused-ring (bicyclic) bond motifs is 1. The molecule has 0 atom stereocenters. The van der Waals surface area contributed by atoms with Crippen LogP contribution in [-0.4, -0.2) is 14.8 Å². The molecular weight excluding hydrogens is 348 g/mol. The minimum atomic E-state index is -4.39. The predicted octanol–water partition coefficient (Wildman–Crippen LogP) is 4.00. The number of hydrogen-bond donors (Lipinski definition) is 0. The average Bonchev–Trinajstić information content (AvgIpc) is 3.18. The van der Waals surface area contributed by atoms with Crippen LogP contribution < -0.4 is 4.90 Å². The average molecular weight is 362 g/mol. The molecule has 0 saturated heterocycles. The zero-order valence-electron chi connectivity index (χ0n) is 13.5. The zero-order chi connectivity index (χ0) is 18.3. The second-order valence-corrected chi connectivity index (χ2v) is 6.16. The molecule has 0 aliphatic carbocycles. The highest BCUT2D eigenvalue weighted by Crippen LogP contribution is 2.31. The first-order valence-corrected chi connectivity index (χ1v) is 7.96. The molecule has 26 heavy (non-hydrogen) atoms. The Hall–Kier alpha value is -2.90. The molecule has 1 aromatic carbocycles. The van der Waals surface area contributed by atoms with Crippen molar-refractivity contribution in [1.29, 1.82) is 0 Å².